The van der Waals surface area contributed by atoms with Gasteiger partial charge in [-0.25, -0.2) is 4.98 Å². The molecular formula is C18H20F2N2O2. The van der Waals surface area contributed by atoms with E-state index < -0.39 is 6.61 Å². The fourth-order valence-corrected chi connectivity index (χ4v) is 3.31. The van der Waals surface area contributed by atoms with Crippen LogP contribution in [0.15, 0.2) is 48.7 Å². The largest absolute Gasteiger partial charge is 0.433 e. The summed E-state index contributed by atoms with van der Waals surface area (Å²) in [6.45, 7) is -1.35. The fraction of sp³-hybridized carbons (Fsp3) is 0.389. The first-order valence-electron chi connectivity index (χ1n) is 7.95. The van der Waals surface area contributed by atoms with Gasteiger partial charge in [0, 0.05) is 18.5 Å². The summed E-state index contributed by atoms with van der Waals surface area (Å²) >= 11 is 0. The van der Waals surface area contributed by atoms with Crippen LogP contribution in [0.2, 0.25) is 0 Å². The van der Waals surface area contributed by atoms with E-state index in [4.69, 9.17) is 0 Å². The number of aromatic nitrogens is 1. The van der Waals surface area contributed by atoms with Crippen molar-refractivity contribution in [2.24, 2.45) is 0 Å². The van der Waals surface area contributed by atoms with Gasteiger partial charge >= 0.3 is 6.61 Å². The number of anilines is 1. The molecule has 1 aliphatic rings. The molecular weight excluding hydrogens is 314 g/mol. The molecule has 0 spiro atoms. The lowest BCUT2D eigenvalue weighted by Crippen LogP contribution is -2.48. The summed E-state index contributed by atoms with van der Waals surface area (Å²) in [5.41, 5.74) is 0.772. The number of aliphatic hydroxyl groups is 1. The summed E-state index contributed by atoms with van der Waals surface area (Å²) in [7, 11) is 0. The van der Waals surface area contributed by atoms with Gasteiger partial charge in [-0.05, 0) is 30.5 Å². The van der Waals surface area contributed by atoms with Gasteiger partial charge in [-0.2, -0.15) is 8.78 Å². The van der Waals surface area contributed by atoms with Gasteiger partial charge in [0.2, 0.25) is 0 Å². The second-order valence-electron chi connectivity index (χ2n) is 6.06. The van der Waals surface area contributed by atoms with Crippen molar-refractivity contribution in [3.63, 3.8) is 0 Å². The van der Waals surface area contributed by atoms with Crippen LogP contribution in [0.4, 0.5) is 14.6 Å². The molecule has 1 fully saturated rings. The second-order valence-corrected chi connectivity index (χ2v) is 6.06. The third-order valence-electron chi connectivity index (χ3n) is 4.54. The van der Waals surface area contributed by atoms with E-state index in [9.17, 15) is 13.9 Å². The molecule has 0 radical (unpaired) electrons. The number of aliphatic hydroxyl groups excluding tert-OH is 1. The van der Waals surface area contributed by atoms with Gasteiger partial charge in [0.25, 0.3) is 0 Å². The van der Waals surface area contributed by atoms with Crippen LogP contribution in [0, 0.1) is 0 Å². The third-order valence-corrected chi connectivity index (χ3v) is 4.54. The second kappa shape index (κ2) is 7.13. The number of rotatable bonds is 5. The van der Waals surface area contributed by atoms with E-state index in [0.29, 0.717) is 12.4 Å². The van der Waals surface area contributed by atoms with Crippen molar-refractivity contribution in [1.29, 1.82) is 0 Å². The number of pyridine rings is 1. The van der Waals surface area contributed by atoms with Crippen molar-refractivity contribution >= 4 is 5.82 Å². The van der Waals surface area contributed by atoms with Crippen molar-refractivity contribution in [2.45, 2.75) is 24.9 Å². The Morgan fingerprint density at radius 3 is 2.62 bits per heavy atom. The normalized spacial score (nSPS) is 21.1. The minimum absolute atomic E-state index is 0.0437. The Balaban J connectivity index is 1.80. The first-order valence-corrected chi connectivity index (χ1v) is 7.95. The fourth-order valence-electron chi connectivity index (χ4n) is 3.31. The lowest BCUT2D eigenvalue weighted by molar-refractivity contribution is -0.0500. The van der Waals surface area contributed by atoms with E-state index in [-0.39, 0.29) is 17.8 Å². The molecule has 0 aliphatic carbocycles. The molecule has 4 nitrogen and oxygen atoms in total. The van der Waals surface area contributed by atoms with Gasteiger partial charge in [-0.1, -0.05) is 30.3 Å². The van der Waals surface area contributed by atoms with Gasteiger partial charge in [0.1, 0.15) is 11.6 Å². The predicted octanol–water partition coefficient (Wildman–Crippen LogP) is 3.21. The summed E-state index contributed by atoms with van der Waals surface area (Å²) < 4.78 is 28.8. The lowest BCUT2D eigenvalue weighted by Gasteiger charge is -2.42. The van der Waals surface area contributed by atoms with Crippen LogP contribution in [0.25, 0.3) is 0 Å². The molecule has 2 aromatic rings. The van der Waals surface area contributed by atoms with Gasteiger partial charge in [0.15, 0.2) is 0 Å². The molecule has 1 aromatic heterocycles. The number of piperidine rings is 1. The van der Waals surface area contributed by atoms with Crippen LogP contribution in [-0.2, 0) is 5.41 Å². The van der Waals surface area contributed by atoms with Crippen LogP contribution < -0.4 is 9.64 Å². The molecule has 3 rings (SSSR count). The highest BCUT2D eigenvalue weighted by molar-refractivity contribution is 5.44. The van der Waals surface area contributed by atoms with Gasteiger partial charge in [-0.3, -0.25) is 0 Å². The summed E-state index contributed by atoms with van der Waals surface area (Å²) in [6, 6.07) is 13.1. The SMILES string of the molecule is OCC1(c2ccccc2)CCCN(c2ccc(OC(F)F)cn2)C1. The predicted molar refractivity (Wildman–Crippen MR) is 87.5 cm³/mol. The molecule has 24 heavy (non-hydrogen) atoms. The number of hydrogen-bond acceptors (Lipinski definition) is 4. The van der Waals surface area contributed by atoms with Crippen molar-refractivity contribution in [3.8, 4) is 5.75 Å². The lowest BCUT2D eigenvalue weighted by atomic mass is 9.75. The monoisotopic (exact) mass is 334 g/mol. The van der Waals surface area contributed by atoms with Crippen molar-refractivity contribution < 1.29 is 18.6 Å². The molecule has 1 unspecified atom stereocenters. The summed E-state index contributed by atoms with van der Waals surface area (Å²) in [5.74, 6) is 0.743. The Bertz CT molecular complexity index is 652. The minimum Gasteiger partial charge on any atom is -0.433 e. The average molecular weight is 334 g/mol. The number of halogens is 2. The van der Waals surface area contributed by atoms with E-state index in [1.54, 1.807) is 6.07 Å². The summed E-state index contributed by atoms with van der Waals surface area (Å²) in [4.78, 5) is 6.32. The number of alkyl halides is 2. The molecule has 0 bridgehead atoms. The molecule has 1 N–H and O–H groups in total. The van der Waals surface area contributed by atoms with E-state index in [1.165, 1.54) is 12.3 Å². The smallest absolute Gasteiger partial charge is 0.387 e. The standard InChI is InChI=1S/C18H20F2N2O2/c19-17(20)24-15-7-8-16(21-11-15)22-10-4-9-18(12-22,13-23)14-5-2-1-3-6-14/h1-3,5-8,11,17,23H,4,9-10,12-13H2. The molecule has 1 atom stereocenters. The molecule has 0 saturated carbocycles. The summed E-state index contributed by atoms with van der Waals surface area (Å²) in [5, 5.41) is 10.1. The van der Waals surface area contributed by atoms with Crippen molar-refractivity contribution in [1.82, 2.24) is 4.98 Å². The Hall–Kier alpha value is -2.21. The highest BCUT2D eigenvalue weighted by Gasteiger charge is 2.37. The first kappa shape index (κ1) is 16.6. The Morgan fingerprint density at radius 1 is 1.21 bits per heavy atom. The Morgan fingerprint density at radius 2 is 2.00 bits per heavy atom. The zero-order valence-electron chi connectivity index (χ0n) is 13.2. The zero-order chi connectivity index (χ0) is 17.0. The Kier molecular flexibility index (Phi) is 4.94. The zero-order valence-corrected chi connectivity index (χ0v) is 13.2. The topological polar surface area (TPSA) is 45.6 Å². The van der Waals surface area contributed by atoms with E-state index in [1.807, 2.05) is 30.3 Å². The Labute approximate surface area is 139 Å². The molecule has 6 heteroatoms. The molecule has 1 saturated heterocycles. The molecule has 0 amide bonds. The maximum absolute atomic E-state index is 12.2. The summed E-state index contributed by atoms with van der Waals surface area (Å²) in [6.07, 6.45) is 3.13. The molecule has 1 aromatic carbocycles. The van der Waals surface area contributed by atoms with Crippen molar-refractivity contribution in [3.05, 3.63) is 54.2 Å². The maximum Gasteiger partial charge on any atom is 0.387 e. The highest BCUT2D eigenvalue weighted by atomic mass is 19.3. The van der Waals surface area contributed by atoms with Gasteiger partial charge in [0.05, 0.1) is 12.8 Å². The molecule has 128 valence electrons. The number of hydrogen-bond donors (Lipinski definition) is 1. The van der Waals surface area contributed by atoms with E-state index >= 15 is 0 Å². The van der Waals surface area contributed by atoms with Crippen LogP contribution >= 0.6 is 0 Å². The van der Waals surface area contributed by atoms with E-state index in [2.05, 4.69) is 14.6 Å². The first-order chi connectivity index (χ1) is 11.6. The van der Waals surface area contributed by atoms with Gasteiger partial charge < -0.3 is 14.7 Å². The molecule has 2 heterocycles. The quantitative estimate of drug-likeness (QED) is 0.912. The van der Waals surface area contributed by atoms with Crippen LogP contribution in [-0.4, -0.2) is 36.4 Å². The highest BCUT2D eigenvalue weighted by Crippen LogP contribution is 2.35. The van der Waals surface area contributed by atoms with E-state index in [0.717, 1.165) is 24.9 Å². The number of nitrogens with zero attached hydrogens (tertiary/aromatic N) is 2. The maximum atomic E-state index is 12.2. The van der Waals surface area contributed by atoms with Crippen LogP contribution in [0.1, 0.15) is 18.4 Å². The number of ether oxygens (including phenoxy) is 1. The van der Waals surface area contributed by atoms with Crippen LogP contribution in [0.5, 0.6) is 5.75 Å². The number of benzene rings is 1. The van der Waals surface area contributed by atoms with Crippen molar-refractivity contribution in [2.75, 3.05) is 24.6 Å². The van der Waals surface area contributed by atoms with Gasteiger partial charge in [-0.15, -0.1) is 0 Å². The van der Waals surface area contributed by atoms with Crippen LogP contribution in [0.3, 0.4) is 0 Å². The average Bonchev–Trinajstić information content (AvgIpc) is 2.62. The molecule has 1 aliphatic heterocycles. The minimum atomic E-state index is -2.85. The third kappa shape index (κ3) is 3.48.